The Morgan fingerprint density at radius 1 is 1.05 bits per heavy atom. The smallest absolute Gasteiger partial charge is 0.159 e. The summed E-state index contributed by atoms with van der Waals surface area (Å²) in [5.41, 5.74) is 4.36. The average molecular weight is 254 g/mol. The molecule has 0 aliphatic carbocycles. The summed E-state index contributed by atoms with van der Waals surface area (Å²) in [4.78, 5) is 11.2. The van der Waals surface area contributed by atoms with Gasteiger partial charge in [-0.3, -0.25) is 4.79 Å². The Morgan fingerprint density at radius 3 is 2.37 bits per heavy atom. The molecule has 0 fully saturated rings. The minimum atomic E-state index is 0.0704. The van der Waals surface area contributed by atoms with Crippen molar-refractivity contribution >= 4 is 5.78 Å². The van der Waals surface area contributed by atoms with Gasteiger partial charge in [0.25, 0.3) is 0 Å². The molecule has 0 N–H and O–H groups in total. The van der Waals surface area contributed by atoms with Crippen LogP contribution in [-0.2, 0) is 6.61 Å². The second-order valence-electron chi connectivity index (χ2n) is 4.80. The van der Waals surface area contributed by atoms with Gasteiger partial charge < -0.3 is 4.74 Å². The van der Waals surface area contributed by atoms with Crippen molar-refractivity contribution in [2.75, 3.05) is 0 Å². The van der Waals surface area contributed by atoms with Gasteiger partial charge in [-0.1, -0.05) is 23.8 Å². The van der Waals surface area contributed by atoms with Crippen LogP contribution < -0.4 is 4.74 Å². The Hall–Kier alpha value is -2.09. The highest BCUT2D eigenvalue weighted by Gasteiger charge is 2.02. The molecule has 0 saturated carbocycles. The zero-order valence-corrected chi connectivity index (χ0v) is 11.6. The lowest BCUT2D eigenvalue weighted by Crippen LogP contribution is -1.99. The van der Waals surface area contributed by atoms with Gasteiger partial charge in [0.15, 0.2) is 5.78 Å². The van der Waals surface area contributed by atoms with Crippen LogP contribution in [0.2, 0.25) is 0 Å². The number of benzene rings is 2. The van der Waals surface area contributed by atoms with Gasteiger partial charge in [-0.2, -0.15) is 0 Å². The van der Waals surface area contributed by atoms with Crippen LogP contribution in [0, 0.1) is 13.8 Å². The zero-order chi connectivity index (χ0) is 13.8. The topological polar surface area (TPSA) is 26.3 Å². The Morgan fingerprint density at radius 2 is 1.74 bits per heavy atom. The predicted molar refractivity (Wildman–Crippen MR) is 76.7 cm³/mol. The van der Waals surface area contributed by atoms with Crippen LogP contribution in [0.5, 0.6) is 5.75 Å². The SMILES string of the molecule is CC(=O)c1ccc(OCc2cc(C)ccc2C)cc1. The fourth-order valence-electron chi connectivity index (χ4n) is 1.90. The maximum absolute atomic E-state index is 11.2. The maximum atomic E-state index is 11.2. The van der Waals surface area contributed by atoms with E-state index in [0.717, 1.165) is 5.75 Å². The fourth-order valence-corrected chi connectivity index (χ4v) is 1.90. The van der Waals surface area contributed by atoms with Crippen molar-refractivity contribution in [3.63, 3.8) is 0 Å². The lowest BCUT2D eigenvalue weighted by atomic mass is 10.1. The lowest BCUT2D eigenvalue weighted by Gasteiger charge is -2.10. The number of aryl methyl sites for hydroxylation is 2. The molecule has 0 amide bonds. The predicted octanol–water partition coefficient (Wildman–Crippen LogP) is 4.09. The molecule has 98 valence electrons. The van der Waals surface area contributed by atoms with Crippen LogP contribution in [-0.4, -0.2) is 5.78 Å². The summed E-state index contributed by atoms with van der Waals surface area (Å²) in [6.45, 7) is 6.26. The van der Waals surface area contributed by atoms with Gasteiger partial charge in [-0.05, 0) is 56.2 Å². The van der Waals surface area contributed by atoms with E-state index in [9.17, 15) is 4.79 Å². The van der Waals surface area contributed by atoms with E-state index in [-0.39, 0.29) is 5.78 Å². The average Bonchev–Trinajstić information content (AvgIpc) is 2.40. The van der Waals surface area contributed by atoms with Crippen LogP contribution in [0.1, 0.15) is 34.0 Å². The first-order chi connectivity index (χ1) is 9.06. The number of ether oxygens (including phenoxy) is 1. The third-order valence-electron chi connectivity index (χ3n) is 3.16. The summed E-state index contributed by atoms with van der Waals surface area (Å²) in [6, 6.07) is 13.6. The van der Waals surface area contributed by atoms with Crippen LogP contribution in [0.25, 0.3) is 0 Å². The monoisotopic (exact) mass is 254 g/mol. The molecule has 0 radical (unpaired) electrons. The summed E-state index contributed by atoms with van der Waals surface area (Å²) in [5.74, 6) is 0.854. The summed E-state index contributed by atoms with van der Waals surface area (Å²) in [7, 11) is 0. The highest BCUT2D eigenvalue weighted by Crippen LogP contribution is 2.17. The van der Waals surface area contributed by atoms with Gasteiger partial charge in [0, 0.05) is 5.56 Å². The third kappa shape index (κ3) is 3.44. The molecule has 2 rings (SSSR count). The Balaban J connectivity index is 2.06. The van der Waals surface area contributed by atoms with E-state index >= 15 is 0 Å². The molecule has 2 aromatic rings. The summed E-state index contributed by atoms with van der Waals surface area (Å²) in [5, 5.41) is 0. The molecule has 0 heterocycles. The van der Waals surface area contributed by atoms with E-state index < -0.39 is 0 Å². The third-order valence-corrected chi connectivity index (χ3v) is 3.16. The molecule has 2 heteroatoms. The quantitative estimate of drug-likeness (QED) is 0.768. The van der Waals surface area contributed by atoms with Crippen molar-refractivity contribution < 1.29 is 9.53 Å². The van der Waals surface area contributed by atoms with Gasteiger partial charge in [0.1, 0.15) is 12.4 Å². The van der Waals surface area contributed by atoms with Crippen molar-refractivity contribution in [2.45, 2.75) is 27.4 Å². The number of hydrogen-bond acceptors (Lipinski definition) is 2. The highest BCUT2D eigenvalue weighted by atomic mass is 16.5. The van der Waals surface area contributed by atoms with E-state index in [1.165, 1.54) is 16.7 Å². The van der Waals surface area contributed by atoms with Crippen LogP contribution in [0.3, 0.4) is 0 Å². The number of rotatable bonds is 4. The Bertz CT molecular complexity index is 583. The number of ketones is 1. The second kappa shape index (κ2) is 5.70. The van der Waals surface area contributed by atoms with Crippen molar-refractivity contribution in [1.82, 2.24) is 0 Å². The molecule has 0 unspecified atom stereocenters. The maximum Gasteiger partial charge on any atom is 0.159 e. The van der Waals surface area contributed by atoms with E-state index in [4.69, 9.17) is 4.74 Å². The summed E-state index contributed by atoms with van der Waals surface area (Å²) >= 11 is 0. The number of hydrogen-bond donors (Lipinski definition) is 0. The summed E-state index contributed by atoms with van der Waals surface area (Å²) in [6.07, 6.45) is 0. The molecule has 0 aliphatic rings. The molecule has 0 aromatic heterocycles. The first-order valence-corrected chi connectivity index (χ1v) is 6.36. The van der Waals surface area contributed by atoms with Crippen molar-refractivity contribution in [3.05, 3.63) is 64.7 Å². The molecule has 0 saturated heterocycles. The molecular weight excluding hydrogens is 236 g/mol. The van der Waals surface area contributed by atoms with Gasteiger partial charge in [0.2, 0.25) is 0 Å². The fraction of sp³-hybridized carbons (Fsp3) is 0.235. The van der Waals surface area contributed by atoms with Gasteiger partial charge in [0.05, 0.1) is 0 Å². The number of Topliss-reactive ketones (excluding diaryl/α,β-unsaturated/α-hetero) is 1. The van der Waals surface area contributed by atoms with Crippen molar-refractivity contribution in [3.8, 4) is 5.75 Å². The first-order valence-electron chi connectivity index (χ1n) is 6.36. The molecule has 0 aliphatic heterocycles. The molecule has 0 spiro atoms. The van der Waals surface area contributed by atoms with E-state index in [1.807, 2.05) is 12.1 Å². The van der Waals surface area contributed by atoms with E-state index in [2.05, 4.69) is 32.0 Å². The molecule has 2 aromatic carbocycles. The Labute approximate surface area is 114 Å². The molecule has 19 heavy (non-hydrogen) atoms. The van der Waals surface area contributed by atoms with E-state index in [1.54, 1.807) is 19.1 Å². The van der Waals surface area contributed by atoms with Gasteiger partial charge in [-0.15, -0.1) is 0 Å². The lowest BCUT2D eigenvalue weighted by molar-refractivity contribution is 0.101. The van der Waals surface area contributed by atoms with Crippen LogP contribution >= 0.6 is 0 Å². The summed E-state index contributed by atoms with van der Waals surface area (Å²) < 4.78 is 5.75. The highest BCUT2D eigenvalue weighted by molar-refractivity contribution is 5.94. The molecular formula is C17H18O2. The number of carbonyl (C=O) groups excluding carboxylic acids is 1. The first kappa shape index (κ1) is 13.3. The number of carbonyl (C=O) groups is 1. The molecule has 2 nitrogen and oxygen atoms in total. The minimum absolute atomic E-state index is 0.0704. The van der Waals surface area contributed by atoms with Crippen molar-refractivity contribution in [1.29, 1.82) is 0 Å². The standard InChI is InChI=1S/C17H18O2/c1-12-4-5-13(2)16(10-12)11-19-17-8-6-15(7-9-17)14(3)18/h4-10H,11H2,1-3H3. The molecule has 0 bridgehead atoms. The minimum Gasteiger partial charge on any atom is -0.489 e. The zero-order valence-electron chi connectivity index (χ0n) is 11.6. The normalized spacial score (nSPS) is 10.3. The Kier molecular flexibility index (Phi) is 4.00. The van der Waals surface area contributed by atoms with Crippen LogP contribution in [0.15, 0.2) is 42.5 Å². The van der Waals surface area contributed by atoms with Gasteiger partial charge >= 0.3 is 0 Å². The molecule has 0 atom stereocenters. The van der Waals surface area contributed by atoms with Crippen LogP contribution in [0.4, 0.5) is 0 Å². The van der Waals surface area contributed by atoms with Crippen molar-refractivity contribution in [2.24, 2.45) is 0 Å². The largest absolute Gasteiger partial charge is 0.489 e. The van der Waals surface area contributed by atoms with E-state index in [0.29, 0.717) is 12.2 Å². The second-order valence-corrected chi connectivity index (χ2v) is 4.80. The van der Waals surface area contributed by atoms with Gasteiger partial charge in [-0.25, -0.2) is 0 Å².